The number of hydrogen-bond donors (Lipinski definition) is 2. The number of nitrogens with one attached hydrogen (secondary N) is 1. The van der Waals surface area contributed by atoms with Crippen LogP contribution in [0.15, 0.2) is 23.6 Å². The summed E-state index contributed by atoms with van der Waals surface area (Å²) in [5.41, 5.74) is 5.91. The number of carbonyl (C=O) groups is 1. The molecule has 0 bridgehead atoms. The Hall–Kier alpha value is -1.86. The minimum atomic E-state index is -0.130. The number of thiophene rings is 1. The van der Waals surface area contributed by atoms with Crippen LogP contribution in [0.1, 0.15) is 15.4 Å². The summed E-state index contributed by atoms with van der Waals surface area (Å²) < 4.78 is 5.04. The monoisotopic (exact) mass is 280 g/mol. The van der Waals surface area contributed by atoms with Crippen LogP contribution in [0, 0.1) is 0 Å². The van der Waals surface area contributed by atoms with Crippen LogP contribution in [0.5, 0.6) is 0 Å². The largest absolute Gasteiger partial charge is 0.383 e. The van der Waals surface area contributed by atoms with Crippen LogP contribution in [0.4, 0.5) is 5.82 Å². The molecule has 7 heteroatoms. The lowest BCUT2D eigenvalue weighted by Crippen LogP contribution is -2.33. The van der Waals surface area contributed by atoms with Crippen LogP contribution in [-0.2, 0) is 11.3 Å². The highest BCUT2D eigenvalue weighted by Gasteiger charge is 2.18. The maximum Gasteiger partial charge on any atom is 0.272 e. The summed E-state index contributed by atoms with van der Waals surface area (Å²) in [6.07, 6.45) is 0. The Bertz CT molecular complexity index is 524. The number of rotatable bonds is 6. The number of H-pyrrole nitrogens is 1. The second-order valence-corrected chi connectivity index (χ2v) is 5.04. The Kier molecular flexibility index (Phi) is 4.53. The Morgan fingerprint density at radius 3 is 3.05 bits per heavy atom. The van der Waals surface area contributed by atoms with Gasteiger partial charge in [0.15, 0.2) is 0 Å². The number of ether oxygens (including phenoxy) is 1. The predicted octanol–water partition coefficient (Wildman–Crippen LogP) is 1.34. The Morgan fingerprint density at radius 1 is 1.63 bits per heavy atom. The van der Waals surface area contributed by atoms with Crippen LogP contribution in [0.25, 0.3) is 0 Å². The molecule has 2 aromatic heterocycles. The zero-order chi connectivity index (χ0) is 13.7. The fraction of sp³-hybridized carbons (Fsp3) is 0.333. The predicted molar refractivity (Wildman–Crippen MR) is 73.9 cm³/mol. The van der Waals surface area contributed by atoms with E-state index in [2.05, 4.69) is 10.2 Å². The lowest BCUT2D eigenvalue weighted by Gasteiger charge is -2.20. The van der Waals surface area contributed by atoms with Gasteiger partial charge in [-0.3, -0.25) is 9.89 Å². The molecule has 0 fully saturated rings. The van der Waals surface area contributed by atoms with E-state index in [4.69, 9.17) is 10.5 Å². The normalized spacial score (nSPS) is 10.6. The number of hydrogen-bond acceptors (Lipinski definition) is 5. The van der Waals surface area contributed by atoms with Crippen molar-refractivity contribution in [2.45, 2.75) is 6.54 Å². The molecule has 2 heterocycles. The smallest absolute Gasteiger partial charge is 0.272 e. The summed E-state index contributed by atoms with van der Waals surface area (Å²) >= 11 is 1.62. The first-order valence-corrected chi connectivity index (χ1v) is 6.70. The van der Waals surface area contributed by atoms with Gasteiger partial charge in [-0.05, 0) is 11.4 Å². The number of nitrogens with zero attached hydrogens (tertiary/aromatic N) is 2. The van der Waals surface area contributed by atoms with Gasteiger partial charge in [0.2, 0.25) is 0 Å². The first-order valence-electron chi connectivity index (χ1n) is 5.82. The van der Waals surface area contributed by atoms with Crippen molar-refractivity contribution in [3.63, 3.8) is 0 Å². The van der Waals surface area contributed by atoms with Crippen molar-refractivity contribution in [1.82, 2.24) is 15.1 Å². The number of carbonyl (C=O) groups excluding carboxylic acids is 1. The topological polar surface area (TPSA) is 84.2 Å². The van der Waals surface area contributed by atoms with Crippen molar-refractivity contribution in [2.24, 2.45) is 0 Å². The SMILES string of the molecule is COCCN(Cc1cccs1)C(=O)c1cc(N)n[nH]1. The third kappa shape index (κ3) is 3.55. The average Bonchev–Trinajstić information content (AvgIpc) is 3.05. The molecular weight excluding hydrogens is 264 g/mol. The maximum absolute atomic E-state index is 12.3. The third-order valence-corrected chi connectivity index (χ3v) is 3.47. The van der Waals surface area contributed by atoms with Gasteiger partial charge in [-0.2, -0.15) is 5.10 Å². The highest BCUT2D eigenvalue weighted by atomic mass is 32.1. The van der Waals surface area contributed by atoms with Gasteiger partial charge in [0.1, 0.15) is 11.5 Å². The second-order valence-electron chi connectivity index (χ2n) is 4.01. The van der Waals surface area contributed by atoms with E-state index >= 15 is 0 Å². The van der Waals surface area contributed by atoms with E-state index in [1.54, 1.807) is 23.3 Å². The first-order chi connectivity index (χ1) is 9.20. The van der Waals surface area contributed by atoms with Gasteiger partial charge in [-0.25, -0.2) is 0 Å². The molecule has 3 N–H and O–H groups in total. The Labute approximate surface area is 115 Å². The van der Waals surface area contributed by atoms with Gasteiger partial charge >= 0.3 is 0 Å². The van der Waals surface area contributed by atoms with Gasteiger partial charge < -0.3 is 15.4 Å². The molecule has 2 rings (SSSR count). The second kappa shape index (κ2) is 6.35. The maximum atomic E-state index is 12.3. The van der Waals surface area contributed by atoms with E-state index in [1.165, 1.54) is 6.07 Å². The molecule has 0 aromatic carbocycles. The van der Waals surface area contributed by atoms with E-state index in [0.29, 0.717) is 31.2 Å². The molecule has 0 unspecified atom stereocenters. The van der Waals surface area contributed by atoms with E-state index in [-0.39, 0.29) is 5.91 Å². The first kappa shape index (κ1) is 13.6. The highest BCUT2D eigenvalue weighted by molar-refractivity contribution is 7.09. The summed E-state index contributed by atoms with van der Waals surface area (Å²) in [6.45, 7) is 1.56. The van der Waals surface area contributed by atoms with Gasteiger partial charge in [0.05, 0.1) is 13.2 Å². The van der Waals surface area contributed by atoms with E-state index in [1.807, 2.05) is 17.5 Å². The quantitative estimate of drug-likeness (QED) is 0.836. The lowest BCUT2D eigenvalue weighted by atomic mass is 10.3. The number of nitrogen functional groups attached to an aromatic ring is 1. The number of aromatic amines is 1. The number of nitrogens with two attached hydrogens (primary N) is 1. The summed E-state index contributed by atoms with van der Waals surface area (Å²) in [5.74, 6) is 0.181. The van der Waals surface area contributed by atoms with E-state index < -0.39 is 0 Å². The van der Waals surface area contributed by atoms with Crippen molar-refractivity contribution in [3.8, 4) is 0 Å². The van der Waals surface area contributed by atoms with E-state index in [0.717, 1.165) is 4.88 Å². The highest BCUT2D eigenvalue weighted by Crippen LogP contribution is 2.14. The minimum Gasteiger partial charge on any atom is -0.383 e. The number of amides is 1. The van der Waals surface area contributed by atoms with Crippen molar-refractivity contribution in [1.29, 1.82) is 0 Å². The molecule has 102 valence electrons. The fourth-order valence-corrected chi connectivity index (χ4v) is 2.38. The van der Waals surface area contributed by atoms with Crippen LogP contribution in [0.2, 0.25) is 0 Å². The summed E-state index contributed by atoms with van der Waals surface area (Å²) in [6, 6.07) is 5.50. The molecule has 0 saturated carbocycles. The van der Waals surface area contributed by atoms with E-state index in [9.17, 15) is 4.79 Å². The zero-order valence-electron chi connectivity index (χ0n) is 10.6. The minimum absolute atomic E-state index is 0.130. The molecule has 6 nitrogen and oxygen atoms in total. The van der Waals surface area contributed by atoms with Gasteiger partial charge in [-0.15, -0.1) is 11.3 Å². The summed E-state index contributed by atoms with van der Waals surface area (Å²) in [7, 11) is 1.61. The third-order valence-electron chi connectivity index (χ3n) is 2.61. The van der Waals surface area contributed by atoms with Crippen molar-refractivity contribution in [3.05, 3.63) is 34.2 Å². The van der Waals surface area contributed by atoms with Crippen molar-refractivity contribution < 1.29 is 9.53 Å². The number of aromatic nitrogens is 2. The molecule has 2 aromatic rings. The Balaban J connectivity index is 2.10. The lowest BCUT2D eigenvalue weighted by molar-refractivity contribution is 0.0676. The van der Waals surface area contributed by atoms with Gasteiger partial charge in [-0.1, -0.05) is 6.07 Å². The molecule has 0 spiro atoms. The number of methoxy groups -OCH3 is 1. The van der Waals surface area contributed by atoms with Crippen LogP contribution >= 0.6 is 11.3 Å². The molecule has 0 aliphatic heterocycles. The molecule has 19 heavy (non-hydrogen) atoms. The summed E-state index contributed by atoms with van der Waals surface area (Å²) in [5, 5.41) is 8.40. The van der Waals surface area contributed by atoms with Gasteiger partial charge in [0.25, 0.3) is 5.91 Å². The number of anilines is 1. The van der Waals surface area contributed by atoms with Crippen molar-refractivity contribution in [2.75, 3.05) is 26.0 Å². The molecule has 1 amide bonds. The molecule has 0 radical (unpaired) electrons. The van der Waals surface area contributed by atoms with Crippen molar-refractivity contribution >= 4 is 23.1 Å². The van der Waals surface area contributed by atoms with Crippen LogP contribution < -0.4 is 5.73 Å². The molecule has 0 saturated heterocycles. The van der Waals surface area contributed by atoms with Crippen LogP contribution in [0.3, 0.4) is 0 Å². The molecule has 0 aliphatic carbocycles. The average molecular weight is 280 g/mol. The molecule has 0 aliphatic rings. The van der Waals surface area contributed by atoms with Gasteiger partial charge in [0, 0.05) is 24.6 Å². The molecule has 0 atom stereocenters. The fourth-order valence-electron chi connectivity index (χ4n) is 1.66. The van der Waals surface area contributed by atoms with Crippen LogP contribution in [-0.4, -0.2) is 41.3 Å². The Morgan fingerprint density at radius 2 is 2.47 bits per heavy atom. The standard InChI is InChI=1S/C12H16N4O2S/c1-18-5-4-16(8-9-3-2-6-19-9)12(17)10-7-11(13)15-14-10/h2-3,6-7H,4-5,8H2,1H3,(H3,13,14,15). The zero-order valence-corrected chi connectivity index (χ0v) is 11.4. The molecular formula is C12H16N4O2S. The summed E-state index contributed by atoms with van der Waals surface area (Å²) in [4.78, 5) is 15.2.